The number of halogens is 1. The van der Waals surface area contributed by atoms with E-state index in [0.717, 1.165) is 11.3 Å². The van der Waals surface area contributed by atoms with Crippen molar-refractivity contribution in [3.8, 4) is 11.5 Å². The molecule has 0 aliphatic heterocycles. The van der Waals surface area contributed by atoms with Gasteiger partial charge in [-0.1, -0.05) is 12.1 Å². The van der Waals surface area contributed by atoms with Crippen molar-refractivity contribution in [1.29, 1.82) is 0 Å². The van der Waals surface area contributed by atoms with Crippen molar-refractivity contribution in [1.82, 2.24) is 5.32 Å². The van der Waals surface area contributed by atoms with Crippen LogP contribution in [0.15, 0.2) is 48.5 Å². The van der Waals surface area contributed by atoms with Crippen LogP contribution in [0.1, 0.15) is 12.5 Å². The predicted octanol–water partition coefficient (Wildman–Crippen LogP) is 2.92. The fraction of sp³-hybridized carbons (Fsp3) is 0.235. The van der Waals surface area contributed by atoms with Gasteiger partial charge in [0.1, 0.15) is 17.3 Å². The first-order valence-electron chi connectivity index (χ1n) is 6.91. The molecule has 1 N–H and O–H groups in total. The van der Waals surface area contributed by atoms with Crippen molar-refractivity contribution >= 4 is 5.91 Å². The molecule has 2 rings (SSSR count). The first kappa shape index (κ1) is 15.8. The lowest BCUT2D eigenvalue weighted by molar-refractivity contribution is -0.127. The van der Waals surface area contributed by atoms with Crippen molar-refractivity contribution in [3.05, 3.63) is 59.9 Å². The van der Waals surface area contributed by atoms with Crippen LogP contribution in [-0.2, 0) is 11.3 Å². The first-order chi connectivity index (χ1) is 10.6. The zero-order chi connectivity index (χ0) is 15.9. The third-order valence-electron chi connectivity index (χ3n) is 3.12. The van der Waals surface area contributed by atoms with Gasteiger partial charge < -0.3 is 14.8 Å². The van der Waals surface area contributed by atoms with Gasteiger partial charge in [0, 0.05) is 6.54 Å². The Morgan fingerprint density at radius 1 is 1.09 bits per heavy atom. The average molecular weight is 303 g/mol. The number of hydrogen-bond acceptors (Lipinski definition) is 3. The van der Waals surface area contributed by atoms with E-state index in [9.17, 15) is 9.18 Å². The summed E-state index contributed by atoms with van der Waals surface area (Å²) in [7, 11) is 1.60. The molecule has 0 aliphatic carbocycles. The van der Waals surface area contributed by atoms with Gasteiger partial charge in [-0.15, -0.1) is 0 Å². The molecule has 1 amide bonds. The molecule has 0 unspecified atom stereocenters. The number of methoxy groups -OCH3 is 1. The summed E-state index contributed by atoms with van der Waals surface area (Å²) in [6, 6.07) is 13.0. The van der Waals surface area contributed by atoms with E-state index in [2.05, 4.69) is 5.32 Å². The summed E-state index contributed by atoms with van der Waals surface area (Å²) in [5.41, 5.74) is 0.961. The van der Waals surface area contributed by atoms with Gasteiger partial charge in [-0.05, 0) is 48.9 Å². The molecule has 2 aromatic carbocycles. The van der Waals surface area contributed by atoms with Crippen LogP contribution in [0.25, 0.3) is 0 Å². The standard InChI is InChI=1S/C17H18FNO3/c1-12(22-16-9-5-14(18)6-10-16)17(20)19-11-13-3-7-15(21-2)8-4-13/h3-10,12H,11H2,1-2H3,(H,19,20)/t12-/m0/s1. The van der Waals surface area contributed by atoms with Crippen LogP contribution in [0.4, 0.5) is 4.39 Å². The molecule has 1 atom stereocenters. The molecule has 116 valence electrons. The zero-order valence-corrected chi connectivity index (χ0v) is 12.5. The lowest BCUT2D eigenvalue weighted by Crippen LogP contribution is -2.35. The summed E-state index contributed by atoms with van der Waals surface area (Å²) < 4.78 is 23.3. The second-order valence-electron chi connectivity index (χ2n) is 4.78. The molecule has 0 radical (unpaired) electrons. The van der Waals surface area contributed by atoms with E-state index in [-0.39, 0.29) is 11.7 Å². The summed E-state index contributed by atoms with van der Waals surface area (Å²) in [5.74, 6) is 0.640. The number of nitrogens with one attached hydrogen (secondary N) is 1. The van der Waals surface area contributed by atoms with Crippen molar-refractivity contribution in [2.24, 2.45) is 0 Å². The van der Waals surface area contributed by atoms with Crippen LogP contribution >= 0.6 is 0 Å². The van der Waals surface area contributed by atoms with E-state index in [1.807, 2.05) is 24.3 Å². The predicted molar refractivity (Wildman–Crippen MR) is 81.3 cm³/mol. The molecule has 0 spiro atoms. The summed E-state index contributed by atoms with van der Waals surface area (Å²) in [6.07, 6.45) is -0.663. The van der Waals surface area contributed by atoms with Gasteiger partial charge in [0.05, 0.1) is 7.11 Å². The van der Waals surface area contributed by atoms with Crippen LogP contribution in [0, 0.1) is 5.82 Å². The molecule has 0 saturated heterocycles. The molecule has 22 heavy (non-hydrogen) atoms. The smallest absolute Gasteiger partial charge is 0.261 e. The Hall–Kier alpha value is -2.56. The summed E-state index contributed by atoms with van der Waals surface area (Å²) in [6.45, 7) is 2.05. The van der Waals surface area contributed by atoms with E-state index in [1.54, 1.807) is 14.0 Å². The molecule has 0 bridgehead atoms. The zero-order valence-electron chi connectivity index (χ0n) is 12.5. The number of rotatable bonds is 6. The Balaban J connectivity index is 1.84. The number of ether oxygens (including phenoxy) is 2. The van der Waals surface area contributed by atoms with E-state index in [1.165, 1.54) is 24.3 Å². The van der Waals surface area contributed by atoms with Crippen LogP contribution in [0.5, 0.6) is 11.5 Å². The Labute approximate surface area is 128 Å². The molecular formula is C17H18FNO3. The minimum absolute atomic E-state index is 0.236. The molecule has 0 fully saturated rings. The number of carbonyl (C=O) groups is 1. The van der Waals surface area contributed by atoms with E-state index in [0.29, 0.717) is 12.3 Å². The number of hydrogen-bond donors (Lipinski definition) is 1. The molecular weight excluding hydrogens is 285 g/mol. The SMILES string of the molecule is COc1ccc(CNC(=O)[C@H](C)Oc2ccc(F)cc2)cc1. The molecule has 4 nitrogen and oxygen atoms in total. The molecule has 0 saturated carbocycles. The van der Waals surface area contributed by atoms with E-state index < -0.39 is 6.10 Å². The lowest BCUT2D eigenvalue weighted by Gasteiger charge is -2.14. The normalized spacial score (nSPS) is 11.6. The van der Waals surface area contributed by atoms with Gasteiger partial charge in [-0.3, -0.25) is 4.79 Å². The summed E-state index contributed by atoms with van der Waals surface area (Å²) >= 11 is 0. The second-order valence-corrected chi connectivity index (χ2v) is 4.78. The van der Waals surface area contributed by atoms with E-state index in [4.69, 9.17) is 9.47 Å². The van der Waals surface area contributed by atoms with Crippen molar-refractivity contribution < 1.29 is 18.7 Å². The quantitative estimate of drug-likeness (QED) is 0.892. The Kier molecular flexibility index (Phi) is 5.36. The molecule has 0 aliphatic rings. The Morgan fingerprint density at radius 3 is 2.27 bits per heavy atom. The van der Waals surface area contributed by atoms with Crippen LogP contribution in [0.2, 0.25) is 0 Å². The monoisotopic (exact) mass is 303 g/mol. The highest BCUT2D eigenvalue weighted by Gasteiger charge is 2.14. The molecule has 0 aromatic heterocycles. The maximum absolute atomic E-state index is 12.8. The molecule has 5 heteroatoms. The minimum atomic E-state index is -0.663. The largest absolute Gasteiger partial charge is 0.497 e. The van der Waals surface area contributed by atoms with Gasteiger partial charge in [0.2, 0.25) is 0 Å². The van der Waals surface area contributed by atoms with Gasteiger partial charge in [0.25, 0.3) is 5.91 Å². The highest BCUT2D eigenvalue weighted by molar-refractivity contribution is 5.80. The van der Waals surface area contributed by atoms with Gasteiger partial charge >= 0.3 is 0 Å². The first-order valence-corrected chi connectivity index (χ1v) is 6.91. The lowest BCUT2D eigenvalue weighted by atomic mass is 10.2. The average Bonchev–Trinajstić information content (AvgIpc) is 2.55. The number of carbonyl (C=O) groups excluding carboxylic acids is 1. The van der Waals surface area contributed by atoms with Crippen molar-refractivity contribution in [2.45, 2.75) is 19.6 Å². The van der Waals surface area contributed by atoms with Crippen LogP contribution in [0.3, 0.4) is 0 Å². The summed E-state index contributed by atoms with van der Waals surface area (Å²) in [4.78, 5) is 12.0. The summed E-state index contributed by atoms with van der Waals surface area (Å²) in [5, 5.41) is 2.79. The fourth-order valence-corrected chi connectivity index (χ4v) is 1.85. The maximum Gasteiger partial charge on any atom is 0.261 e. The number of benzene rings is 2. The Bertz CT molecular complexity index is 611. The van der Waals surface area contributed by atoms with E-state index >= 15 is 0 Å². The van der Waals surface area contributed by atoms with Gasteiger partial charge in [0.15, 0.2) is 6.10 Å². The minimum Gasteiger partial charge on any atom is -0.497 e. The van der Waals surface area contributed by atoms with Crippen molar-refractivity contribution in [2.75, 3.05) is 7.11 Å². The third kappa shape index (κ3) is 4.48. The molecule has 2 aromatic rings. The van der Waals surface area contributed by atoms with Crippen molar-refractivity contribution in [3.63, 3.8) is 0 Å². The Morgan fingerprint density at radius 2 is 1.68 bits per heavy atom. The molecule has 0 heterocycles. The van der Waals surface area contributed by atoms with Crippen LogP contribution in [-0.4, -0.2) is 19.1 Å². The van der Waals surface area contributed by atoms with Gasteiger partial charge in [-0.2, -0.15) is 0 Å². The maximum atomic E-state index is 12.8. The third-order valence-corrected chi connectivity index (χ3v) is 3.12. The topological polar surface area (TPSA) is 47.6 Å². The fourth-order valence-electron chi connectivity index (χ4n) is 1.85. The highest BCUT2D eigenvalue weighted by Crippen LogP contribution is 2.13. The second kappa shape index (κ2) is 7.45. The highest BCUT2D eigenvalue weighted by atomic mass is 19.1. The van der Waals surface area contributed by atoms with Gasteiger partial charge in [-0.25, -0.2) is 4.39 Å². The number of amides is 1. The van der Waals surface area contributed by atoms with Crippen LogP contribution < -0.4 is 14.8 Å².